The molecule has 0 bridgehead atoms. The molecule has 24 heavy (non-hydrogen) atoms. The van der Waals surface area contributed by atoms with E-state index in [1.54, 1.807) is 51.1 Å². The first-order chi connectivity index (χ1) is 11.5. The zero-order valence-electron chi connectivity index (χ0n) is 14.0. The van der Waals surface area contributed by atoms with Crippen LogP contribution in [0.5, 0.6) is 0 Å². The molecule has 0 spiro atoms. The van der Waals surface area contributed by atoms with Crippen LogP contribution in [-0.4, -0.2) is 41.8 Å². The highest BCUT2D eigenvalue weighted by Gasteiger charge is 2.17. The Morgan fingerprint density at radius 3 is 2.50 bits per heavy atom. The number of nitrogens with zero attached hydrogens (tertiary/aromatic N) is 2. The SMILES string of the molecule is CC(NC(=O)c1ccc(SCc2cccnc2)cc1)C(=O)N(C)C. The zero-order chi connectivity index (χ0) is 17.5. The van der Waals surface area contributed by atoms with Crippen molar-refractivity contribution in [3.8, 4) is 0 Å². The summed E-state index contributed by atoms with van der Waals surface area (Å²) >= 11 is 1.68. The minimum atomic E-state index is -0.549. The molecule has 0 aliphatic rings. The number of hydrogen-bond donors (Lipinski definition) is 1. The van der Waals surface area contributed by atoms with E-state index in [9.17, 15) is 9.59 Å². The molecular formula is C18H21N3O2S. The summed E-state index contributed by atoms with van der Waals surface area (Å²) in [7, 11) is 3.33. The van der Waals surface area contributed by atoms with Crippen molar-refractivity contribution in [2.45, 2.75) is 23.6 Å². The Bertz CT molecular complexity index is 687. The molecule has 2 amide bonds. The van der Waals surface area contributed by atoms with Crippen molar-refractivity contribution in [1.29, 1.82) is 0 Å². The Balaban J connectivity index is 1.91. The highest BCUT2D eigenvalue weighted by molar-refractivity contribution is 7.98. The van der Waals surface area contributed by atoms with E-state index in [-0.39, 0.29) is 11.8 Å². The van der Waals surface area contributed by atoms with Crippen molar-refractivity contribution < 1.29 is 9.59 Å². The molecule has 2 aromatic rings. The number of thioether (sulfide) groups is 1. The Hall–Kier alpha value is -2.34. The predicted molar refractivity (Wildman–Crippen MR) is 95.9 cm³/mol. The summed E-state index contributed by atoms with van der Waals surface area (Å²) in [6.07, 6.45) is 3.60. The van der Waals surface area contributed by atoms with Crippen LogP contribution in [0, 0.1) is 0 Å². The molecule has 1 unspecified atom stereocenters. The topological polar surface area (TPSA) is 62.3 Å². The first kappa shape index (κ1) is 18.0. The number of pyridine rings is 1. The molecule has 5 nitrogen and oxygen atoms in total. The summed E-state index contributed by atoms with van der Waals surface area (Å²) in [6, 6.07) is 10.8. The molecule has 0 aliphatic heterocycles. The summed E-state index contributed by atoms with van der Waals surface area (Å²) in [6.45, 7) is 1.68. The van der Waals surface area contributed by atoms with E-state index in [4.69, 9.17) is 0 Å². The van der Waals surface area contributed by atoms with Crippen LogP contribution in [-0.2, 0) is 10.5 Å². The largest absolute Gasteiger partial charge is 0.347 e. The minimum Gasteiger partial charge on any atom is -0.347 e. The molecule has 126 valence electrons. The number of benzene rings is 1. The number of rotatable bonds is 6. The van der Waals surface area contributed by atoms with Gasteiger partial charge in [-0.25, -0.2) is 0 Å². The fourth-order valence-electron chi connectivity index (χ4n) is 2.08. The lowest BCUT2D eigenvalue weighted by atomic mass is 10.2. The number of hydrogen-bond acceptors (Lipinski definition) is 4. The highest BCUT2D eigenvalue weighted by Crippen LogP contribution is 2.22. The third kappa shape index (κ3) is 5.09. The molecule has 1 atom stereocenters. The standard InChI is InChI=1S/C18H21N3O2S/c1-13(18(23)21(2)3)20-17(22)15-6-8-16(9-7-15)24-12-14-5-4-10-19-11-14/h4-11,13H,12H2,1-3H3,(H,20,22). The average molecular weight is 343 g/mol. The Kier molecular flexibility index (Phi) is 6.37. The molecule has 0 saturated heterocycles. The van der Waals surface area contributed by atoms with Gasteiger partial charge in [0.2, 0.25) is 5.91 Å². The number of carbonyl (C=O) groups excluding carboxylic acids is 2. The maximum Gasteiger partial charge on any atom is 0.251 e. The van der Waals surface area contributed by atoms with Crippen molar-refractivity contribution in [1.82, 2.24) is 15.2 Å². The van der Waals surface area contributed by atoms with Gasteiger partial charge in [-0.15, -0.1) is 11.8 Å². The lowest BCUT2D eigenvalue weighted by molar-refractivity contribution is -0.130. The van der Waals surface area contributed by atoms with E-state index in [2.05, 4.69) is 10.3 Å². The van der Waals surface area contributed by atoms with Gasteiger partial charge in [-0.3, -0.25) is 14.6 Å². The average Bonchev–Trinajstić information content (AvgIpc) is 2.60. The minimum absolute atomic E-state index is 0.132. The van der Waals surface area contributed by atoms with Crippen LogP contribution in [0.4, 0.5) is 0 Å². The molecule has 1 aromatic carbocycles. The van der Waals surface area contributed by atoms with Crippen molar-refractivity contribution in [2.24, 2.45) is 0 Å². The second kappa shape index (κ2) is 8.49. The first-order valence-corrected chi connectivity index (χ1v) is 8.59. The maximum absolute atomic E-state index is 12.2. The van der Waals surface area contributed by atoms with Gasteiger partial charge in [0.1, 0.15) is 6.04 Å². The van der Waals surface area contributed by atoms with Crippen molar-refractivity contribution in [3.05, 3.63) is 59.9 Å². The van der Waals surface area contributed by atoms with Crippen molar-refractivity contribution >= 4 is 23.6 Å². The molecule has 0 saturated carbocycles. The lowest BCUT2D eigenvalue weighted by Gasteiger charge is -2.18. The van der Waals surface area contributed by atoms with Gasteiger partial charge in [0.15, 0.2) is 0 Å². The van der Waals surface area contributed by atoms with Crippen LogP contribution in [0.2, 0.25) is 0 Å². The van der Waals surface area contributed by atoms with E-state index in [0.717, 1.165) is 16.2 Å². The van der Waals surface area contributed by atoms with E-state index in [1.807, 2.05) is 30.5 Å². The summed E-state index contributed by atoms with van der Waals surface area (Å²) in [5, 5.41) is 2.71. The first-order valence-electron chi connectivity index (χ1n) is 7.61. The van der Waals surface area contributed by atoms with Gasteiger partial charge < -0.3 is 10.2 Å². The highest BCUT2D eigenvalue weighted by atomic mass is 32.2. The van der Waals surface area contributed by atoms with E-state index >= 15 is 0 Å². The second-order valence-corrected chi connectivity index (χ2v) is 6.65. The quantitative estimate of drug-likeness (QED) is 0.819. The Labute approximate surface area is 146 Å². The summed E-state index contributed by atoms with van der Waals surface area (Å²) in [5.74, 6) is 0.446. The van der Waals surface area contributed by atoms with Gasteiger partial charge in [-0.1, -0.05) is 6.07 Å². The van der Waals surface area contributed by atoms with Gasteiger partial charge in [0.25, 0.3) is 5.91 Å². The van der Waals surface area contributed by atoms with Crippen molar-refractivity contribution in [2.75, 3.05) is 14.1 Å². The normalized spacial score (nSPS) is 11.6. The zero-order valence-corrected chi connectivity index (χ0v) is 14.8. The molecule has 1 heterocycles. The van der Waals surface area contributed by atoms with Gasteiger partial charge in [-0.2, -0.15) is 0 Å². The Morgan fingerprint density at radius 2 is 1.92 bits per heavy atom. The van der Waals surface area contributed by atoms with Crippen LogP contribution >= 0.6 is 11.8 Å². The van der Waals surface area contributed by atoms with Gasteiger partial charge >= 0.3 is 0 Å². The third-order valence-electron chi connectivity index (χ3n) is 3.40. The molecule has 0 radical (unpaired) electrons. The molecule has 1 N–H and O–H groups in total. The van der Waals surface area contributed by atoms with Gasteiger partial charge in [-0.05, 0) is 42.8 Å². The number of nitrogens with one attached hydrogen (secondary N) is 1. The van der Waals surface area contributed by atoms with Crippen molar-refractivity contribution in [3.63, 3.8) is 0 Å². The van der Waals surface area contributed by atoms with Gasteiger partial charge in [0.05, 0.1) is 0 Å². The van der Waals surface area contributed by atoms with Crippen LogP contribution in [0.15, 0.2) is 53.7 Å². The summed E-state index contributed by atoms with van der Waals surface area (Å²) in [4.78, 5) is 30.6. The van der Waals surface area contributed by atoms with Crippen LogP contribution in [0.3, 0.4) is 0 Å². The van der Waals surface area contributed by atoms with E-state index in [0.29, 0.717) is 5.56 Å². The number of aromatic nitrogens is 1. The second-order valence-electron chi connectivity index (χ2n) is 5.60. The smallest absolute Gasteiger partial charge is 0.251 e. The molecule has 2 rings (SSSR count). The molecular weight excluding hydrogens is 322 g/mol. The van der Waals surface area contributed by atoms with Crippen LogP contribution in [0.1, 0.15) is 22.8 Å². The predicted octanol–water partition coefficient (Wildman–Crippen LogP) is 2.58. The van der Waals surface area contributed by atoms with E-state index < -0.39 is 6.04 Å². The van der Waals surface area contributed by atoms with Crippen LogP contribution in [0.25, 0.3) is 0 Å². The van der Waals surface area contributed by atoms with Gasteiger partial charge in [0, 0.05) is 42.7 Å². The monoisotopic (exact) mass is 343 g/mol. The number of likely N-dealkylation sites (N-methyl/N-ethyl adjacent to an activating group) is 1. The Morgan fingerprint density at radius 1 is 1.21 bits per heavy atom. The summed E-state index contributed by atoms with van der Waals surface area (Å²) < 4.78 is 0. The molecule has 0 aliphatic carbocycles. The lowest BCUT2D eigenvalue weighted by Crippen LogP contribution is -2.44. The fourth-order valence-corrected chi connectivity index (χ4v) is 2.91. The maximum atomic E-state index is 12.2. The fraction of sp³-hybridized carbons (Fsp3) is 0.278. The molecule has 0 fully saturated rings. The van der Waals surface area contributed by atoms with Crippen LogP contribution < -0.4 is 5.32 Å². The number of amides is 2. The van der Waals surface area contributed by atoms with E-state index in [1.165, 1.54) is 4.90 Å². The summed E-state index contributed by atoms with van der Waals surface area (Å²) in [5.41, 5.74) is 1.69. The molecule has 1 aromatic heterocycles. The molecule has 6 heteroatoms. The third-order valence-corrected chi connectivity index (χ3v) is 4.49. The number of carbonyl (C=O) groups is 2.